The maximum atomic E-state index is 11.9. The van der Waals surface area contributed by atoms with E-state index in [9.17, 15) is 4.79 Å². The number of esters is 1. The number of carbonyl (C=O) groups excluding carboxylic acids is 1. The van der Waals surface area contributed by atoms with Crippen molar-refractivity contribution >= 4 is 5.97 Å². The number of ether oxygens (including phenoxy) is 1. The van der Waals surface area contributed by atoms with Crippen LogP contribution < -0.4 is 0 Å². The summed E-state index contributed by atoms with van der Waals surface area (Å²) in [4.78, 5) is 14.2. The predicted molar refractivity (Wildman–Crippen MR) is 118 cm³/mol. The average Bonchev–Trinajstić information content (AvgIpc) is 2.66. The van der Waals surface area contributed by atoms with Crippen LogP contribution in [0.2, 0.25) is 0 Å². The Labute approximate surface area is 169 Å². The molecule has 0 amide bonds. The highest BCUT2D eigenvalue weighted by Gasteiger charge is 2.17. The normalized spacial score (nSPS) is 12.3. The van der Waals surface area contributed by atoms with E-state index in [1.54, 1.807) is 6.92 Å². The van der Waals surface area contributed by atoms with Crippen LogP contribution in [-0.2, 0) is 9.53 Å². The van der Waals surface area contributed by atoms with E-state index in [1.165, 1.54) is 70.6 Å². The summed E-state index contributed by atoms with van der Waals surface area (Å²) in [6.07, 6.45) is 17.2. The molecule has 0 aromatic heterocycles. The molecule has 0 bridgehead atoms. The first kappa shape index (κ1) is 26.2. The molecular formula is C24H47NO2. The van der Waals surface area contributed by atoms with Gasteiger partial charge in [-0.15, -0.1) is 0 Å². The lowest BCUT2D eigenvalue weighted by molar-refractivity contribution is -0.145. The number of hydrogen-bond acceptors (Lipinski definition) is 3. The fraction of sp³-hybridized carbons (Fsp3) is 0.875. The number of rotatable bonds is 19. The van der Waals surface area contributed by atoms with Crippen LogP contribution in [0.3, 0.4) is 0 Å². The molecule has 0 fully saturated rings. The Bertz CT molecular complexity index is 363. The van der Waals surface area contributed by atoms with Crippen LogP contribution >= 0.6 is 0 Å². The van der Waals surface area contributed by atoms with Crippen molar-refractivity contribution in [3.05, 3.63) is 12.2 Å². The van der Waals surface area contributed by atoms with Gasteiger partial charge < -0.3 is 9.64 Å². The molecule has 3 heteroatoms. The molecule has 0 aliphatic rings. The summed E-state index contributed by atoms with van der Waals surface area (Å²) < 4.78 is 5.67. The number of likely N-dealkylation sites (N-methyl/N-ethyl adjacent to an activating group) is 1. The Hall–Kier alpha value is -0.830. The highest BCUT2D eigenvalue weighted by atomic mass is 16.5. The van der Waals surface area contributed by atoms with Crippen LogP contribution in [0.4, 0.5) is 0 Å². The van der Waals surface area contributed by atoms with Gasteiger partial charge in [-0.05, 0) is 32.9 Å². The SMILES string of the molecule is C=C(C)C(=O)OC(CCCCCCCCCCCCCC)CN(CC)CC. The molecule has 0 rings (SSSR count). The molecule has 0 heterocycles. The number of unbranched alkanes of at least 4 members (excludes halogenated alkanes) is 11. The molecule has 3 nitrogen and oxygen atoms in total. The van der Waals surface area contributed by atoms with E-state index in [-0.39, 0.29) is 12.1 Å². The molecule has 0 aromatic carbocycles. The third-order valence-electron chi connectivity index (χ3n) is 5.36. The van der Waals surface area contributed by atoms with Crippen LogP contribution in [0.25, 0.3) is 0 Å². The molecule has 0 saturated heterocycles. The Kier molecular flexibility index (Phi) is 18.0. The maximum absolute atomic E-state index is 11.9. The van der Waals surface area contributed by atoms with E-state index in [2.05, 4.69) is 32.3 Å². The van der Waals surface area contributed by atoms with Gasteiger partial charge in [0.15, 0.2) is 0 Å². The van der Waals surface area contributed by atoms with Crippen LogP contribution in [0.15, 0.2) is 12.2 Å². The molecule has 0 saturated carbocycles. The van der Waals surface area contributed by atoms with Crippen LogP contribution in [-0.4, -0.2) is 36.6 Å². The van der Waals surface area contributed by atoms with Gasteiger partial charge in [-0.25, -0.2) is 4.79 Å². The van der Waals surface area contributed by atoms with Gasteiger partial charge in [0.2, 0.25) is 0 Å². The molecule has 27 heavy (non-hydrogen) atoms. The first-order chi connectivity index (χ1) is 13.0. The fourth-order valence-electron chi connectivity index (χ4n) is 3.42. The molecule has 1 atom stereocenters. The van der Waals surface area contributed by atoms with Crippen molar-refractivity contribution in [2.75, 3.05) is 19.6 Å². The van der Waals surface area contributed by atoms with Crippen molar-refractivity contribution in [3.8, 4) is 0 Å². The molecular weight excluding hydrogens is 334 g/mol. The molecule has 0 aliphatic carbocycles. The van der Waals surface area contributed by atoms with Gasteiger partial charge in [-0.3, -0.25) is 0 Å². The quantitative estimate of drug-likeness (QED) is 0.138. The molecule has 0 radical (unpaired) electrons. The second kappa shape index (κ2) is 18.5. The lowest BCUT2D eigenvalue weighted by Gasteiger charge is -2.25. The van der Waals surface area contributed by atoms with Gasteiger partial charge in [-0.1, -0.05) is 98.0 Å². The van der Waals surface area contributed by atoms with E-state index in [0.717, 1.165) is 32.5 Å². The monoisotopic (exact) mass is 381 g/mol. The van der Waals surface area contributed by atoms with Crippen LogP contribution in [0.1, 0.15) is 111 Å². The van der Waals surface area contributed by atoms with Gasteiger partial charge in [0, 0.05) is 12.1 Å². The standard InChI is InChI=1S/C24H47NO2/c1-6-9-10-11-12-13-14-15-16-17-18-19-20-23(21-25(7-2)8-3)27-24(26)22(4)5/h23H,4,6-21H2,1-3,5H3. The van der Waals surface area contributed by atoms with Crippen molar-refractivity contribution in [1.29, 1.82) is 0 Å². The first-order valence-corrected chi connectivity index (χ1v) is 11.6. The average molecular weight is 382 g/mol. The van der Waals surface area contributed by atoms with Gasteiger partial charge >= 0.3 is 5.97 Å². The number of carbonyl (C=O) groups is 1. The minimum atomic E-state index is -0.244. The zero-order chi connectivity index (χ0) is 20.3. The highest BCUT2D eigenvalue weighted by Crippen LogP contribution is 2.15. The largest absolute Gasteiger partial charge is 0.458 e. The third kappa shape index (κ3) is 15.9. The summed E-state index contributed by atoms with van der Waals surface area (Å²) in [5, 5.41) is 0. The minimum Gasteiger partial charge on any atom is -0.458 e. The number of hydrogen-bond donors (Lipinski definition) is 0. The van der Waals surface area contributed by atoms with E-state index in [0.29, 0.717) is 5.57 Å². The zero-order valence-electron chi connectivity index (χ0n) is 18.9. The number of nitrogens with zero attached hydrogens (tertiary/aromatic N) is 1. The third-order valence-corrected chi connectivity index (χ3v) is 5.36. The summed E-state index contributed by atoms with van der Waals surface area (Å²) in [7, 11) is 0. The molecule has 1 unspecified atom stereocenters. The molecule has 0 N–H and O–H groups in total. The van der Waals surface area contributed by atoms with Gasteiger partial charge in [0.1, 0.15) is 6.10 Å². The Morgan fingerprint density at radius 2 is 1.26 bits per heavy atom. The second-order valence-corrected chi connectivity index (χ2v) is 7.97. The van der Waals surface area contributed by atoms with E-state index < -0.39 is 0 Å². The second-order valence-electron chi connectivity index (χ2n) is 7.97. The summed E-state index contributed by atoms with van der Waals surface area (Å²) in [6.45, 7) is 14.8. The molecule has 0 aromatic rings. The van der Waals surface area contributed by atoms with E-state index >= 15 is 0 Å². The Balaban J connectivity index is 3.82. The van der Waals surface area contributed by atoms with E-state index in [1.807, 2.05) is 0 Å². The fourth-order valence-corrected chi connectivity index (χ4v) is 3.42. The van der Waals surface area contributed by atoms with Crippen molar-refractivity contribution in [1.82, 2.24) is 4.90 Å². The topological polar surface area (TPSA) is 29.5 Å². The lowest BCUT2D eigenvalue weighted by atomic mass is 10.0. The van der Waals surface area contributed by atoms with Gasteiger partial charge in [0.25, 0.3) is 0 Å². The predicted octanol–water partition coefficient (Wildman–Crippen LogP) is 6.91. The Morgan fingerprint density at radius 3 is 1.67 bits per heavy atom. The van der Waals surface area contributed by atoms with Crippen molar-refractivity contribution in [3.63, 3.8) is 0 Å². The smallest absolute Gasteiger partial charge is 0.333 e. The van der Waals surface area contributed by atoms with Crippen molar-refractivity contribution < 1.29 is 9.53 Å². The van der Waals surface area contributed by atoms with Gasteiger partial charge in [-0.2, -0.15) is 0 Å². The first-order valence-electron chi connectivity index (χ1n) is 11.6. The molecule has 0 aliphatic heterocycles. The molecule has 0 spiro atoms. The highest BCUT2D eigenvalue weighted by molar-refractivity contribution is 5.87. The summed E-state index contributed by atoms with van der Waals surface area (Å²) in [5.41, 5.74) is 0.495. The Morgan fingerprint density at radius 1 is 0.815 bits per heavy atom. The van der Waals surface area contributed by atoms with Crippen LogP contribution in [0, 0.1) is 0 Å². The lowest BCUT2D eigenvalue weighted by Crippen LogP contribution is -2.35. The summed E-state index contributed by atoms with van der Waals surface area (Å²) in [6, 6.07) is 0. The van der Waals surface area contributed by atoms with Crippen LogP contribution in [0.5, 0.6) is 0 Å². The summed E-state index contributed by atoms with van der Waals surface area (Å²) in [5.74, 6) is -0.244. The summed E-state index contributed by atoms with van der Waals surface area (Å²) >= 11 is 0. The minimum absolute atomic E-state index is 0.00257. The van der Waals surface area contributed by atoms with E-state index in [4.69, 9.17) is 4.74 Å². The molecule has 160 valence electrons. The van der Waals surface area contributed by atoms with Crippen molar-refractivity contribution in [2.45, 2.75) is 117 Å². The zero-order valence-corrected chi connectivity index (χ0v) is 18.9. The van der Waals surface area contributed by atoms with Gasteiger partial charge in [0.05, 0.1) is 0 Å². The van der Waals surface area contributed by atoms with Crippen molar-refractivity contribution in [2.24, 2.45) is 0 Å². The maximum Gasteiger partial charge on any atom is 0.333 e.